The number of benzene rings is 3. The van der Waals surface area contributed by atoms with Gasteiger partial charge in [0.15, 0.2) is 15.8 Å². The molecule has 0 bridgehead atoms. The van der Waals surface area contributed by atoms with E-state index in [-0.39, 0.29) is 16.5 Å². The van der Waals surface area contributed by atoms with Crippen LogP contribution in [0.25, 0.3) is 5.76 Å². The van der Waals surface area contributed by atoms with E-state index in [2.05, 4.69) is 41.4 Å². The van der Waals surface area contributed by atoms with Crippen molar-refractivity contribution in [3.8, 4) is 17.2 Å². The quantitative estimate of drug-likeness (QED) is 0.0443. The molecule has 1 amide bonds. The van der Waals surface area contributed by atoms with Gasteiger partial charge >= 0.3 is 5.91 Å². The molecule has 1 aromatic heterocycles. The topological polar surface area (TPSA) is 111 Å². The number of ketones is 1. The first kappa shape index (κ1) is 31.1. The average molecular weight is 632 g/mol. The van der Waals surface area contributed by atoms with Gasteiger partial charge in [0.05, 0.1) is 32.4 Å². The SMILES string of the molecule is CCCCOc1ccc(C(O)=C2C(=O)C(=O)N(c3nnc(SCc4ccc(C)cc4)s3)[C@H]2c2ccc(OC)c(OC)c2)cc1. The molecule has 1 aliphatic rings. The second-order valence-electron chi connectivity index (χ2n) is 10.1. The molecule has 2 heterocycles. The summed E-state index contributed by atoms with van der Waals surface area (Å²) in [6.07, 6.45) is 1.94. The summed E-state index contributed by atoms with van der Waals surface area (Å²) in [5.41, 5.74) is 3.16. The lowest BCUT2D eigenvalue weighted by Gasteiger charge is -2.23. The lowest BCUT2D eigenvalue weighted by molar-refractivity contribution is -0.132. The van der Waals surface area contributed by atoms with Crippen molar-refractivity contribution >= 4 is 45.7 Å². The zero-order chi connectivity index (χ0) is 31.2. The fourth-order valence-electron chi connectivity index (χ4n) is 4.75. The van der Waals surface area contributed by atoms with Gasteiger partial charge in [0.1, 0.15) is 11.5 Å². The van der Waals surface area contributed by atoms with Crippen molar-refractivity contribution in [1.82, 2.24) is 10.2 Å². The molecular formula is C33H33N3O6S2. The van der Waals surface area contributed by atoms with Crippen molar-refractivity contribution < 1.29 is 28.9 Å². The average Bonchev–Trinajstić information content (AvgIpc) is 3.62. The third-order valence-corrected chi connectivity index (χ3v) is 9.27. The Morgan fingerprint density at radius 2 is 1.70 bits per heavy atom. The monoisotopic (exact) mass is 631 g/mol. The molecule has 3 aromatic carbocycles. The molecule has 44 heavy (non-hydrogen) atoms. The summed E-state index contributed by atoms with van der Waals surface area (Å²) >= 11 is 2.71. The third kappa shape index (κ3) is 6.58. The Morgan fingerprint density at radius 3 is 2.39 bits per heavy atom. The number of nitrogens with zero attached hydrogens (tertiary/aromatic N) is 3. The van der Waals surface area contributed by atoms with E-state index in [0.717, 1.165) is 18.4 Å². The normalized spacial score (nSPS) is 15.9. The van der Waals surface area contributed by atoms with E-state index in [1.165, 1.54) is 47.8 Å². The highest BCUT2D eigenvalue weighted by molar-refractivity contribution is 8.00. The number of aromatic nitrogens is 2. The van der Waals surface area contributed by atoms with Crippen LogP contribution in [0.2, 0.25) is 0 Å². The molecule has 0 spiro atoms. The Kier molecular flexibility index (Phi) is 9.86. The van der Waals surface area contributed by atoms with Crippen LogP contribution in [0.3, 0.4) is 0 Å². The number of ether oxygens (including phenoxy) is 3. The highest BCUT2D eigenvalue weighted by Crippen LogP contribution is 2.45. The van der Waals surface area contributed by atoms with Crippen LogP contribution in [0, 0.1) is 6.92 Å². The number of thioether (sulfide) groups is 1. The predicted molar refractivity (Wildman–Crippen MR) is 172 cm³/mol. The molecule has 228 valence electrons. The van der Waals surface area contributed by atoms with E-state index < -0.39 is 17.7 Å². The predicted octanol–water partition coefficient (Wildman–Crippen LogP) is 6.96. The number of aryl methyl sites for hydroxylation is 1. The van der Waals surface area contributed by atoms with Crippen LogP contribution in [0.5, 0.6) is 17.2 Å². The first-order chi connectivity index (χ1) is 21.3. The van der Waals surface area contributed by atoms with Gasteiger partial charge in [-0.1, -0.05) is 72.3 Å². The lowest BCUT2D eigenvalue weighted by atomic mass is 9.95. The van der Waals surface area contributed by atoms with Gasteiger partial charge in [0.2, 0.25) is 5.13 Å². The molecule has 0 saturated carbocycles. The second-order valence-corrected chi connectivity index (χ2v) is 12.3. The minimum absolute atomic E-state index is 0.0640. The number of carbonyl (C=O) groups excluding carboxylic acids is 2. The Bertz CT molecular complexity index is 1670. The number of aliphatic hydroxyl groups excluding tert-OH is 1. The maximum atomic E-state index is 13.6. The molecule has 5 rings (SSSR count). The van der Waals surface area contributed by atoms with Crippen molar-refractivity contribution in [2.75, 3.05) is 25.7 Å². The number of aliphatic hydroxyl groups is 1. The van der Waals surface area contributed by atoms with Gasteiger partial charge in [0.25, 0.3) is 5.78 Å². The number of rotatable bonds is 12. The molecule has 1 fully saturated rings. The van der Waals surface area contributed by atoms with Gasteiger partial charge in [-0.05, 0) is 60.9 Å². The summed E-state index contributed by atoms with van der Waals surface area (Å²) in [5, 5.41) is 20.4. The van der Waals surface area contributed by atoms with Crippen molar-refractivity contribution in [1.29, 1.82) is 0 Å². The molecule has 1 N–H and O–H groups in total. The van der Waals surface area contributed by atoms with Crippen molar-refractivity contribution in [2.24, 2.45) is 0 Å². The molecule has 4 aromatic rings. The van der Waals surface area contributed by atoms with Gasteiger partial charge in [-0.25, -0.2) is 0 Å². The summed E-state index contributed by atoms with van der Waals surface area (Å²) in [6.45, 7) is 4.70. The van der Waals surface area contributed by atoms with Crippen molar-refractivity contribution in [3.63, 3.8) is 0 Å². The van der Waals surface area contributed by atoms with E-state index in [4.69, 9.17) is 14.2 Å². The van der Waals surface area contributed by atoms with Crippen LogP contribution in [0.4, 0.5) is 5.13 Å². The minimum atomic E-state index is -0.988. The van der Waals surface area contributed by atoms with Gasteiger partial charge in [-0.15, -0.1) is 10.2 Å². The summed E-state index contributed by atoms with van der Waals surface area (Å²) < 4.78 is 17.3. The lowest BCUT2D eigenvalue weighted by Crippen LogP contribution is -2.29. The van der Waals surface area contributed by atoms with E-state index in [1.54, 1.807) is 42.5 Å². The van der Waals surface area contributed by atoms with Gasteiger partial charge in [-0.3, -0.25) is 14.5 Å². The van der Waals surface area contributed by atoms with Crippen LogP contribution in [-0.2, 0) is 15.3 Å². The number of amides is 1. The number of anilines is 1. The Balaban J connectivity index is 1.53. The molecule has 0 aliphatic carbocycles. The Morgan fingerprint density at radius 1 is 0.977 bits per heavy atom. The highest BCUT2D eigenvalue weighted by Gasteiger charge is 2.48. The molecule has 0 unspecified atom stereocenters. The van der Waals surface area contributed by atoms with Crippen LogP contribution in [-0.4, -0.2) is 47.8 Å². The number of unbranched alkanes of at least 4 members (excludes halogenated alkanes) is 1. The van der Waals surface area contributed by atoms with Gasteiger partial charge < -0.3 is 19.3 Å². The number of carbonyl (C=O) groups is 2. The summed E-state index contributed by atoms with van der Waals surface area (Å²) in [4.78, 5) is 28.5. The molecule has 0 radical (unpaired) electrons. The van der Waals surface area contributed by atoms with Crippen LogP contribution >= 0.6 is 23.1 Å². The number of hydrogen-bond acceptors (Lipinski definition) is 10. The maximum absolute atomic E-state index is 13.6. The second kappa shape index (κ2) is 14.0. The summed E-state index contributed by atoms with van der Waals surface area (Å²) in [6, 6.07) is 19.1. The first-order valence-electron chi connectivity index (χ1n) is 14.1. The molecule has 11 heteroatoms. The number of methoxy groups -OCH3 is 2. The highest BCUT2D eigenvalue weighted by atomic mass is 32.2. The summed E-state index contributed by atoms with van der Waals surface area (Å²) in [5.74, 6) is 0.283. The smallest absolute Gasteiger partial charge is 0.301 e. The van der Waals surface area contributed by atoms with Crippen molar-refractivity contribution in [2.45, 2.75) is 42.8 Å². The molecule has 1 aliphatic heterocycles. The summed E-state index contributed by atoms with van der Waals surface area (Å²) in [7, 11) is 3.03. The van der Waals surface area contributed by atoms with E-state index in [9.17, 15) is 14.7 Å². The largest absolute Gasteiger partial charge is 0.507 e. The molecule has 9 nitrogen and oxygen atoms in total. The van der Waals surface area contributed by atoms with Gasteiger partial charge in [0, 0.05) is 11.3 Å². The van der Waals surface area contributed by atoms with E-state index >= 15 is 0 Å². The zero-order valence-corrected chi connectivity index (χ0v) is 26.5. The third-order valence-electron chi connectivity index (χ3n) is 7.15. The fraction of sp³-hybridized carbons (Fsp3) is 0.273. The molecule has 1 saturated heterocycles. The van der Waals surface area contributed by atoms with Crippen molar-refractivity contribution in [3.05, 3.63) is 94.6 Å². The van der Waals surface area contributed by atoms with Gasteiger partial charge in [-0.2, -0.15) is 0 Å². The molecule has 1 atom stereocenters. The maximum Gasteiger partial charge on any atom is 0.301 e. The van der Waals surface area contributed by atoms with Crippen LogP contribution < -0.4 is 19.1 Å². The van der Waals surface area contributed by atoms with E-state index in [0.29, 0.717) is 45.1 Å². The Labute approximate surface area is 264 Å². The number of Topliss-reactive ketones (excluding diaryl/α,β-unsaturated/α-hetero) is 1. The minimum Gasteiger partial charge on any atom is -0.507 e. The molecular weight excluding hydrogens is 599 g/mol. The standard InChI is InChI=1S/C33H33N3O6S2/c1-5-6-17-42-24-14-11-22(12-15-24)29(37)27-28(23-13-16-25(40-3)26(18-23)41-4)36(31(39)30(27)38)32-34-35-33(44-32)43-19-21-9-7-20(2)8-10-21/h7-16,18,28,37H,5-6,17,19H2,1-4H3/t28-/m0/s1. The number of hydrogen-bond donors (Lipinski definition) is 1. The fourth-order valence-corrected chi connectivity index (χ4v) is 6.58. The first-order valence-corrected chi connectivity index (χ1v) is 15.9. The van der Waals surface area contributed by atoms with Crippen LogP contribution in [0.1, 0.15) is 48.1 Å². The Hall–Kier alpha value is -4.35. The zero-order valence-electron chi connectivity index (χ0n) is 24.9. The van der Waals surface area contributed by atoms with Crippen LogP contribution in [0.15, 0.2) is 76.6 Å². The van der Waals surface area contributed by atoms with E-state index in [1.807, 2.05) is 6.92 Å².